The summed E-state index contributed by atoms with van der Waals surface area (Å²) in [5.74, 6) is -0.330. The normalized spacial score (nSPS) is 14.6. The molecule has 0 aliphatic carbocycles. The van der Waals surface area contributed by atoms with Crippen molar-refractivity contribution >= 4 is 27.8 Å². The van der Waals surface area contributed by atoms with Crippen molar-refractivity contribution in [1.29, 1.82) is 0 Å². The molecule has 0 amide bonds. The minimum absolute atomic E-state index is 0.330. The Labute approximate surface area is 198 Å². The van der Waals surface area contributed by atoms with Crippen LogP contribution in [0, 0.1) is 13.8 Å². The molecule has 0 radical (unpaired) electrons. The lowest BCUT2D eigenvalue weighted by Crippen LogP contribution is -2.32. The highest BCUT2D eigenvalue weighted by molar-refractivity contribution is 6.00. The number of para-hydroxylation sites is 2. The number of cyclic esters (lactones) is 1. The molecule has 1 aliphatic rings. The van der Waals surface area contributed by atoms with Crippen molar-refractivity contribution in [3.8, 4) is 0 Å². The second kappa shape index (κ2) is 7.32. The largest absolute Gasteiger partial charge is 0.439 e. The molecule has 170 valence electrons. The highest BCUT2D eigenvalue weighted by atomic mass is 16.6. The Morgan fingerprint density at radius 2 is 1.32 bits per heavy atom. The van der Waals surface area contributed by atoms with Crippen LogP contribution >= 0.6 is 0 Å². The van der Waals surface area contributed by atoms with Gasteiger partial charge in [0.1, 0.15) is 5.69 Å². The maximum absolute atomic E-state index is 13.4. The Balaban J connectivity index is 1.86. The van der Waals surface area contributed by atoms with E-state index in [0.717, 1.165) is 57.4 Å². The number of hydrogen-bond donors (Lipinski definition) is 0. The van der Waals surface area contributed by atoms with Crippen LogP contribution in [0.25, 0.3) is 21.8 Å². The van der Waals surface area contributed by atoms with Crippen molar-refractivity contribution in [2.24, 2.45) is 0 Å². The molecule has 5 heteroatoms. The number of ether oxygens (including phenoxy) is 1. The van der Waals surface area contributed by atoms with Gasteiger partial charge in [0.15, 0.2) is 0 Å². The molecule has 0 unspecified atom stereocenters. The van der Waals surface area contributed by atoms with Gasteiger partial charge in [-0.2, -0.15) is 0 Å². The predicted molar refractivity (Wildman–Crippen MR) is 134 cm³/mol. The van der Waals surface area contributed by atoms with E-state index in [-0.39, 0.29) is 5.97 Å². The molecule has 1 aliphatic heterocycles. The molecule has 5 aromatic rings. The maximum Gasteiger partial charge on any atom is 0.341 e. The fourth-order valence-corrected chi connectivity index (χ4v) is 6.12. The fourth-order valence-electron chi connectivity index (χ4n) is 6.12. The van der Waals surface area contributed by atoms with E-state index in [1.807, 2.05) is 6.07 Å². The lowest BCUT2D eigenvalue weighted by atomic mass is 9.80. The summed E-state index contributed by atoms with van der Waals surface area (Å²) in [6, 6.07) is 20.4. The van der Waals surface area contributed by atoms with Gasteiger partial charge in [0, 0.05) is 63.6 Å². The molecule has 4 heterocycles. The van der Waals surface area contributed by atoms with E-state index in [2.05, 4.69) is 85.4 Å². The number of pyridine rings is 1. The number of carbonyl (C=O) groups is 1. The zero-order chi connectivity index (χ0) is 23.6. The zero-order valence-electron chi connectivity index (χ0n) is 19.9. The Morgan fingerprint density at radius 1 is 0.794 bits per heavy atom. The number of fused-ring (bicyclic) bond motifs is 3. The van der Waals surface area contributed by atoms with Gasteiger partial charge in [0.05, 0.1) is 5.56 Å². The van der Waals surface area contributed by atoms with Gasteiger partial charge in [0.2, 0.25) is 5.60 Å². The van der Waals surface area contributed by atoms with Crippen molar-refractivity contribution < 1.29 is 9.53 Å². The third kappa shape index (κ3) is 2.44. The summed E-state index contributed by atoms with van der Waals surface area (Å²) < 4.78 is 11.2. The number of nitrogens with zero attached hydrogens (tertiary/aromatic N) is 3. The second-order valence-electron chi connectivity index (χ2n) is 8.91. The van der Waals surface area contributed by atoms with E-state index in [1.54, 1.807) is 12.3 Å². The van der Waals surface area contributed by atoms with Crippen molar-refractivity contribution in [2.75, 3.05) is 0 Å². The van der Waals surface area contributed by atoms with Crippen molar-refractivity contribution in [3.63, 3.8) is 0 Å². The highest BCUT2D eigenvalue weighted by Gasteiger charge is 2.54. The molecular formula is C29H27N3O2. The van der Waals surface area contributed by atoms with Crippen LogP contribution in [0.2, 0.25) is 0 Å². The van der Waals surface area contributed by atoms with Gasteiger partial charge in [0.25, 0.3) is 0 Å². The number of hydrogen-bond acceptors (Lipinski definition) is 3. The van der Waals surface area contributed by atoms with Crippen molar-refractivity contribution in [2.45, 2.75) is 46.4 Å². The molecule has 0 saturated heterocycles. The number of benzene rings is 2. The van der Waals surface area contributed by atoms with Crippen LogP contribution in [0.4, 0.5) is 0 Å². The van der Waals surface area contributed by atoms with Gasteiger partial charge in [-0.25, -0.2) is 4.79 Å². The standard InChI is InChI=1S/C29H27N3O2/c1-5-31-18(3)25(20-12-7-9-15-23(20)31)29(27-22(28(33)34-29)14-11-17-30-27)26-19(4)32(6-2)24-16-10-8-13-21(24)26/h7-17H,5-6H2,1-4H3. The van der Waals surface area contributed by atoms with Gasteiger partial charge in [-0.1, -0.05) is 36.4 Å². The van der Waals surface area contributed by atoms with Crippen LogP contribution < -0.4 is 0 Å². The molecular weight excluding hydrogens is 422 g/mol. The molecule has 0 fully saturated rings. The molecule has 0 N–H and O–H groups in total. The predicted octanol–water partition coefficient (Wildman–Crippen LogP) is 6.11. The van der Waals surface area contributed by atoms with Crippen LogP contribution in [-0.2, 0) is 23.4 Å². The lowest BCUT2D eigenvalue weighted by molar-refractivity contribution is 0.0247. The first kappa shape index (κ1) is 20.7. The van der Waals surface area contributed by atoms with Crippen molar-refractivity contribution in [3.05, 3.63) is 101 Å². The third-order valence-electron chi connectivity index (χ3n) is 7.41. The summed E-state index contributed by atoms with van der Waals surface area (Å²) in [6.45, 7) is 10.2. The highest BCUT2D eigenvalue weighted by Crippen LogP contribution is 2.53. The first-order chi connectivity index (χ1) is 16.5. The molecule has 2 aromatic carbocycles. The van der Waals surface area contributed by atoms with E-state index >= 15 is 0 Å². The Kier molecular flexibility index (Phi) is 4.46. The summed E-state index contributed by atoms with van der Waals surface area (Å²) in [5, 5.41) is 2.17. The molecule has 6 rings (SSSR count). The van der Waals surface area contributed by atoms with Crippen LogP contribution in [0.1, 0.15) is 52.4 Å². The smallest absolute Gasteiger partial charge is 0.341 e. The number of esters is 1. The molecule has 3 aromatic heterocycles. The molecule has 0 bridgehead atoms. The van der Waals surface area contributed by atoms with E-state index in [0.29, 0.717) is 11.3 Å². The molecule has 34 heavy (non-hydrogen) atoms. The number of rotatable bonds is 4. The lowest BCUT2D eigenvalue weighted by Gasteiger charge is -2.30. The quantitative estimate of drug-likeness (QED) is 0.311. The Bertz CT molecular complexity index is 1520. The minimum Gasteiger partial charge on any atom is -0.439 e. The van der Waals surface area contributed by atoms with Gasteiger partial charge < -0.3 is 13.9 Å². The first-order valence-corrected chi connectivity index (χ1v) is 11.9. The maximum atomic E-state index is 13.4. The van der Waals surface area contributed by atoms with Crippen LogP contribution in [0.5, 0.6) is 0 Å². The van der Waals surface area contributed by atoms with Gasteiger partial charge in [-0.05, 0) is 52.0 Å². The van der Waals surface area contributed by atoms with Gasteiger partial charge >= 0.3 is 5.97 Å². The second-order valence-corrected chi connectivity index (χ2v) is 8.91. The minimum atomic E-state index is -1.14. The Hall–Kier alpha value is -3.86. The number of carbonyl (C=O) groups excluding carboxylic acids is 1. The summed E-state index contributed by atoms with van der Waals surface area (Å²) in [6.07, 6.45) is 1.76. The van der Waals surface area contributed by atoms with Gasteiger partial charge in [-0.3, -0.25) is 4.98 Å². The SMILES string of the molecule is CCn1c(C)c(C2(c3c(C)n(CC)c4ccccc34)OC(=O)c3cccnc32)c2ccccc21. The van der Waals surface area contributed by atoms with Crippen LogP contribution in [-0.4, -0.2) is 20.1 Å². The molecule has 5 nitrogen and oxygen atoms in total. The van der Waals surface area contributed by atoms with Crippen LogP contribution in [0.15, 0.2) is 66.9 Å². The topological polar surface area (TPSA) is 49.0 Å². The first-order valence-electron chi connectivity index (χ1n) is 11.9. The third-order valence-corrected chi connectivity index (χ3v) is 7.41. The number of aryl methyl sites for hydroxylation is 2. The Morgan fingerprint density at radius 3 is 1.85 bits per heavy atom. The van der Waals surface area contributed by atoms with E-state index < -0.39 is 5.60 Å². The molecule has 0 saturated carbocycles. The molecule has 0 atom stereocenters. The number of aromatic nitrogens is 3. The van der Waals surface area contributed by atoms with E-state index in [1.165, 1.54) is 0 Å². The average Bonchev–Trinajstić information content (AvgIpc) is 3.43. The summed E-state index contributed by atoms with van der Waals surface area (Å²) in [4.78, 5) is 18.2. The van der Waals surface area contributed by atoms with E-state index in [4.69, 9.17) is 9.72 Å². The van der Waals surface area contributed by atoms with Gasteiger partial charge in [-0.15, -0.1) is 0 Å². The van der Waals surface area contributed by atoms with Crippen molar-refractivity contribution in [1.82, 2.24) is 14.1 Å². The fraction of sp³-hybridized carbons (Fsp3) is 0.241. The average molecular weight is 450 g/mol. The van der Waals surface area contributed by atoms with Crippen LogP contribution in [0.3, 0.4) is 0 Å². The zero-order valence-corrected chi connectivity index (χ0v) is 19.9. The van der Waals surface area contributed by atoms with E-state index in [9.17, 15) is 4.79 Å². The summed E-state index contributed by atoms with van der Waals surface area (Å²) >= 11 is 0. The summed E-state index contributed by atoms with van der Waals surface area (Å²) in [7, 11) is 0. The summed E-state index contributed by atoms with van der Waals surface area (Å²) in [5.41, 5.74) is 6.50. The monoisotopic (exact) mass is 449 g/mol. The molecule has 0 spiro atoms.